The topological polar surface area (TPSA) is 85.1 Å². The van der Waals surface area contributed by atoms with Gasteiger partial charge >= 0.3 is 0 Å². The molecule has 1 heterocycles. The van der Waals surface area contributed by atoms with Gasteiger partial charge in [0.2, 0.25) is 5.82 Å². The number of amides is 1. The van der Waals surface area contributed by atoms with Crippen molar-refractivity contribution in [1.82, 2.24) is 25.6 Å². The lowest BCUT2D eigenvalue weighted by molar-refractivity contribution is -0.122. The minimum absolute atomic E-state index is 0.0502. The maximum atomic E-state index is 11.9. The van der Waals surface area contributed by atoms with Crippen LogP contribution in [-0.4, -0.2) is 31.8 Å². The fourth-order valence-electron chi connectivity index (χ4n) is 2.07. The monoisotopic (exact) mass is 320 g/mol. The molecule has 0 bridgehead atoms. The number of rotatable bonds is 5. The number of hydrogen-bond acceptors (Lipinski definition) is 5. The molecule has 3 rings (SSSR count). The molecule has 1 amide bonds. The molecule has 0 saturated carbocycles. The molecular formula is C17H16N6O. The van der Waals surface area contributed by atoms with Crippen LogP contribution < -0.4 is 5.43 Å². The van der Waals surface area contributed by atoms with E-state index in [9.17, 15) is 4.79 Å². The minimum Gasteiger partial charge on any atom is -0.271 e. The molecule has 0 radical (unpaired) electrons. The van der Waals surface area contributed by atoms with Crippen LogP contribution in [0, 0.1) is 0 Å². The van der Waals surface area contributed by atoms with E-state index in [1.807, 2.05) is 67.6 Å². The second-order valence-electron chi connectivity index (χ2n) is 5.11. The van der Waals surface area contributed by atoms with Crippen molar-refractivity contribution in [2.24, 2.45) is 5.10 Å². The molecule has 2 aromatic carbocycles. The maximum Gasteiger partial charge on any atom is 0.263 e. The average Bonchev–Trinajstić information content (AvgIpc) is 3.09. The van der Waals surface area contributed by atoms with Crippen LogP contribution in [0.4, 0.5) is 0 Å². The Kier molecular flexibility index (Phi) is 4.71. The Labute approximate surface area is 139 Å². The first kappa shape index (κ1) is 15.5. The van der Waals surface area contributed by atoms with Crippen LogP contribution in [0.15, 0.2) is 65.8 Å². The molecule has 0 spiro atoms. The van der Waals surface area contributed by atoms with Gasteiger partial charge in [0.15, 0.2) is 0 Å². The molecule has 0 saturated heterocycles. The molecule has 1 N–H and O–H groups in total. The van der Waals surface area contributed by atoms with Crippen LogP contribution in [0.1, 0.15) is 12.5 Å². The molecular weight excluding hydrogens is 304 g/mol. The minimum atomic E-state index is -0.317. The molecule has 1 aromatic heterocycles. The van der Waals surface area contributed by atoms with Gasteiger partial charge in [-0.1, -0.05) is 60.7 Å². The summed E-state index contributed by atoms with van der Waals surface area (Å²) < 4.78 is 0. The highest BCUT2D eigenvalue weighted by Crippen LogP contribution is 2.11. The molecule has 0 fully saturated rings. The third-order valence-corrected chi connectivity index (χ3v) is 3.31. The fraction of sp³-hybridized carbons (Fsp3) is 0.118. The summed E-state index contributed by atoms with van der Waals surface area (Å²) in [6, 6.07) is 19.1. The van der Waals surface area contributed by atoms with Crippen molar-refractivity contribution in [3.8, 4) is 11.4 Å². The Hall–Kier alpha value is -3.35. The summed E-state index contributed by atoms with van der Waals surface area (Å²) in [5, 5.41) is 16.1. The summed E-state index contributed by atoms with van der Waals surface area (Å²) in [5.41, 5.74) is 5.02. The molecule has 0 atom stereocenters. The van der Waals surface area contributed by atoms with Crippen molar-refractivity contribution in [2.75, 3.05) is 0 Å². The fourth-order valence-corrected chi connectivity index (χ4v) is 2.07. The highest BCUT2D eigenvalue weighted by atomic mass is 16.2. The summed E-state index contributed by atoms with van der Waals surface area (Å²) in [5.74, 6) is 0.162. The Morgan fingerprint density at radius 2 is 1.75 bits per heavy atom. The average molecular weight is 320 g/mol. The smallest absolute Gasteiger partial charge is 0.263 e. The SMILES string of the molecule is C/C(=N/NC(=O)Cn1nnc(-c2ccccc2)n1)c1ccccc1. The first-order valence-corrected chi connectivity index (χ1v) is 7.44. The van der Waals surface area contributed by atoms with E-state index in [0.717, 1.165) is 16.8 Å². The summed E-state index contributed by atoms with van der Waals surface area (Å²) in [6.45, 7) is 1.78. The van der Waals surface area contributed by atoms with Gasteiger partial charge in [-0.25, -0.2) is 5.43 Å². The van der Waals surface area contributed by atoms with Crippen LogP contribution >= 0.6 is 0 Å². The molecule has 0 aliphatic carbocycles. The van der Waals surface area contributed by atoms with Crippen molar-refractivity contribution in [3.05, 3.63) is 66.2 Å². The van der Waals surface area contributed by atoms with Crippen molar-refractivity contribution in [1.29, 1.82) is 0 Å². The summed E-state index contributed by atoms with van der Waals surface area (Å²) in [7, 11) is 0. The Balaban J connectivity index is 1.61. The number of aromatic nitrogens is 4. The van der Waals surface area contributed by atoms with E-state index in [1.54, 1.807) is 0 Å². The van der Waals surface area contributed by atoms with E-state index in [4.69, 9.17) is 0 Å². The maximum absolute atomic E-state index is 11.9. The summed E-state index contributed by atoms with van der Waals surface area (Å²) >= 11 is 0. The first-order chi connectivity index (χ1) is 11.7. The second-order valence-corrected chi connectivity index (χ2v) is 5.11. The van der Waals surface area contributed by atoms with Gasteiger partial charge in [0.25, 0.3) is 5.91 Å². The summed E-state index contributed by atoms with van der Waals surface area (Å²) in [4.78, 5) is 13.2. The lowest BCUT2D eigenvalue weighted by Gasteiger charge is -2.02. The van der Waals surface area contributed by atoms with Crippen molar-refractivity contribution in [3.63, 3.8) is 0 Å². The van der Waals surface area contributed by atoms with Crippen LogP contribution in [0.25, 0.3) is 11.4 Å². The van der Waals surface area contributed by atoms with Crippen molar-refractivity contribution >= 4 is 11.6 Å². The zero-order chi connectivity index (χ0) is 16.8. The number of benzene rings is 2. The molecule has 120 valence electrons. The van der Waals surface area contributed by atoms with Crippen LogP contribution in [0.5, 0.6) is 0 Å². The van der Waals surface area contributed by atoms with Gasteiger partial charge in [0, 0.05) is 5.56 Å². The highest BCUT2D eigenvalue weighted by molar-refractivity contribution is 5.99. The molecule has 0 aliphatic rings. The van der Waals surface area contributed by atoms with E-state index in [0.29, 0.717) is 5.82 Å². The number of carbonyl (C=O) groups is 1. The van der Waals surface area contributed by atoms with E-state index in [-0.39, 0.29) is 12.5 Å². The van der Waals surface area contributed by atoms with Crippen molar-refractivity contribution < 1.29 is 4.79 Å². The third kappa shape index (κ3) is 3.89. The standard InChI is InChI=1S/C17H16N6O/c1-13(14-8-4-2-5-9-14)18-19-16(24)12-23-21-17(20-22-23)15-10-6-3-7-11-15/h2-11H,12H2,1H3,(H,19,24)/b18-13-. The number of nitrogens with one attached hydrogen (secondary N) is 1. The van der Waals surface area contributed by atoms with E-state index >= 15 is 0 Å². The van der Waals surface area contributed by atoms with Gasteiger partial charge < -0.3 is 0 Å². The van der Waals surface area contributed by atoms with E-state index in [2.05, 4.69) is 25.9 Å². The summed E-state index contributed by atoms with van der Waals surface area (Å²) in [6.07, 6.45) is 0. The van der Waals surface area contributed by atoms with Crippen LogP contribution in [0.3, 0.4) is 0 Å². The zero-order valence-electron chi connectivity index (χ0n) is 13.1. The van der Waals surface area contributed by atoms with Gasteiger partial charge in [0.05, 0.1) is 5.71 Å². The number of nitrogens with zero attached hydrogens (tertiary/aromatic N) is 5. The zero-order valence-corrected chi connectivity index (χ0v) is 13.1. The van der Waals surface area contributed by atoms with Crippen molar-refractivity contribution in [2.45, 2.75) is 13.5 Å². The normalized spacial score (nSPS) is 11.3. The molecule has 0 unspecified atom stereocenters. The lowest BCUT2D eigenvalue weighted by atomic mass is 10.1. The highest BCUT2D eigenvalue weighted by Gasteiger charge is 2.08. The van der Waals surface area contributed by atoms with Crippen LogP contribution in [-0.2, 0) is 11.3 Å². The quantitative estimate of drug-likeness (QED) is 0.574. The van der Waals surface area contributed by atoms with E-state index < -0.39 is 0 Å². The number of carbonyl (C=O) groups excluding carboxylic acids is 1. The Bertz CT molecular complexity index is 842. The number of hydrazone groups is 1. The molecule has 0 aliphatic heterocycles. The van der Waals surface area contributed by atoms with Crippen LogP contribution in [0.2, 0.25) is 0 Å². The van der Waals surface area contributed by atoms with Gasteiger partial charge in [-0.15, -0.1) is 10.2 Å². The lowest BCUT2D eigenvalue weighted by Crippen LogP contribution is -2.25. The molecule has 7 nitrogen and oxygen atoms in total. The van der Waals surface area contributed by atoms with Gasteiger partial charge in [-0.05, 0) is 17.7 Å². The second kappa shape index (κ2) is 7.28. The largest absolute Gasteiger partial charge is 0.271 e. The predicted octanol–water partition coefficient (Wildman–Crippen LogP) is 1.88. The number of hydrogen-bond donors (Lipinski definition) is 1. The predicted molar refractivity (Wildman–Crippen MR) is 90.0 cm³/mol. The number of tetrazole rings is 1. The van der Waals surface area contributed by atoms with Gasteiger partial charge in [0.1, 0.15) is 6.54 Å². The molecule has 24 heavy (non-hydrogen) atoms. The Morgan fingerprint density at radius 1 is 1.08 bits per heavy atom. The molecule has 7 heteroatoms. The van der Waals surface area contributed by atoms with E-state index in [1.165, 1.54) is 4.80 Å². The third-order valence-electron chi connectivity index (χ3n) is 3.31. The molecule has 3 aromatic rings. The first-order valence-electron chi connectivity index (χ1n) is 7.44. The Morgan fingerprint density at radius 3 is 2.46 bits per heavy atom. The van der Waals surface area contributed by atoms with Gasteiger partial charge in [-0.3, -0.25) is 4.79 Å². The van der Waals surface area contributed by atoms with Gasteiger partial charge in [-0.2, -0.15) is 9.90 Å².